The number of nitrogens with zero attached hydrogens (tertiary/aromatic N) is 4. The predicted molar refractivity (Wildman–Crippen MR) is 119 cm³/mol. The Hall–Kier alpha value is -2.21. The molecule has 0 radical (unpaired) electrons. The molecule has 1 aliphatic carbocycles. The Kier molecular flexibility index (Phi) is 6.52. The van der Waals surface area contributed by atoms with Crippen molar-refractivity contribution in [3.63, 3.8) is 0 Å². The highest BCUT2D eigenvalue weighted by molar-refractivity contribution is 5.77. The van der Waals surface area contributed by atoms with Crippen LogP contribution >= 0.6 is 0 Å². The fraction of sp³-hybridized carbons (Fsp3) is 0.625. The molecule has 1 aromatic carbocycles. The van der Waals surface area contributed by atoms with Crippen molar-refractivity contribution >= 4 is 16.8 Å². The summed E-state index contributed by atoms with van der Waals surface area (Å²) >= 11 is 0. The van der Waals surface area contributed by atoms with E-state index in [1.807, 2.05) is 36.2 Å². The van der Waals surface area contributed by atoms with Crippen molar-refractivity contribution in [3.05, 3.63) is 40.4 Å². The van der Waals surface area contributed by atoms with Gasteiger partial charge in [0.05, 0.1) is 16.9 Å². The van der Waals surface area contributed by atoms with Gasteiger partial charge in [-0.15, -0.1) is 0 Å². The van der Waals surface area contributed by atoms with Gasteiger partial charge in [0.1, 0.15) is 5.82 Å². The van der Waals surface area contributed by atoms with Crippen LogP contribution in [0.4, 0.5) is 0 Å². The van der Waals surface area contributed by atoms with E-state index in [1.54, 1.807) is 4.57 Å². The molecule has 6 nitrogen and oxygen atoms in total. The molecule has 2 fully saturated rings. The van der Waals surface area contributed by atoms with E-state index < -0.39 is 0 Å². The first-order valence-corrected chi connectivity index (χ1v) is 11.6. The van der Waals surface area contributed by atoms with E-state index >= 15 is 0 Å². The van der Waals surface area contributed by atoms with Crippen LogP contribution in [0.3, 0.4) is 0 Å². The quantitative estimate of drug-likeness (QED) is 0.731. The average Bonchev–Trinajstić information content (AvgIpc) is 3.30. The second-order valence-corrected chi connectivity index (χ2v) is 8.88. The molecule has 0 N–H and O–H groups in total. The van der Waals surface area contributed by atoms with Gasteiger partial charge in [-0.3, -0.25) is 19.1 Å². The number of hydrogen-bond donors (Lipinski definition) is 0. The third-order valence-corrected chi connectivity index (χ3v) is 7.05. The number of aromatic nitrogens is 2. The van der Waals surface area contributed by atoms with Crippen molar-refractivity contribution in [2.45, 2.75) is 57.9 Å². The maximum atomic E-state index is 12.8. The summed E-state index contributed by atoms with van der Waals surface area (Å²) in [5.74, 6) is 1.90. The zero-order valence-corrected chi connectivity index (χ0v) is 18.3. The molecule has 1 atom stereocenters. The third-order valence-electron chi connectivity index (χ3n) is 7.05. The number of carbonyl (C=O) groups is 1. The Bertz CT molecular complexity index is 940. The Morgan fingerprint density at radius 1 is 1.13 bits per heavy atom. The molecular weight excluding hydrogens is 376 g/mol. The van der Waals surface area contributed by atoms with Crippen LogP contribution in [-0.4, -0.2) is 51.4 Å². The molecule has 0 spiro atoms. The molecule has 4 rings (SSSR count). The van der Waals surface area contributed by atoms with Crippen LogP contribution in [0.25, 0.3) is 10.9 Å². The number of piperazine rings is 1. The summed E-state index contributed by atoms with van der Waals surface area (Å²) in [6.07, 6.45) is 7.91. The molecule has 2 aliphatic rings. The third kappa shape index (κ3) is 4.29. The highest BCUT2D eigenvalue weighted by Crippen LogP contribution is 2.29. The van der Waals surface area contributed by atoms with Crippen molar-refractivity contribution in [3.8, 4) is 0 Å². The van der Waals surface area contributed by atoms with Crippen molar-refractivity contribution in [1.29, 1.82) is 0 Å². The minimum absolute atomic E-state index is 0.00905. The normalized spacial score (nSPS) is 19.5. The molecule has 1 saturated carbocycles. The average molecular weight is 411 g/mol. The first-order chi connectivity index (χ1) is 14.6. The number of carbonyl (C=O) groups excluding carboxylic acids is 1. The lowest BCUT2D eigenvalue weighted by molar-refractivity contribution is -0.133. The zero-order chi connectivity index (χ0) is 21.1. The van der Waals surface area contributed by atoms with E-state index in [0.29, 0.717) is 17.7 Å². The van der Waals surface area contributed by atoms with Crippen LogP contribution in [0.2, 0.25) is 0 Å². The summed E-state index contributed by atoms with van der Waals surface area (Å²) < 4.78 is 1.70. The highest BCUT2D eigenvalue weighted by atomic mass is 16.2. The van der Waals surface area contributed by atoms with Gasteiger partial charge in [-0.1, -0.05) is 44.7 Å². The van der Waals surface area contributed by atoms with Gasteiger partial charge in [-0.05, 0) is 30.9 Å². The monoisotopic (exact) mass is 410 g/mol. The highest BCUT2D eigenvalue weighted by Gasteiger charge is 2.29. The summed E-state index contributed by atoms with van der Waals surface area (Å²) in [6.45, 7) is 5.33. The van der Waals surface area contributed by atoms with E-state index in [1.165, 1.54) is 25.7 Å². The van der Waals surface area contributed by atoms with Crippen LogP contribution < -0.4 is 5.56 Å². The van der Waals surface area contributed by atoms with E-state index in [2.05, 4.69) is 11.8 Å². The predicted octanol–water partition coefficient (Wildman–Crippen LogP) is 3.50. The molecule has 30 heavy (non-hydrogen) atoms. The van der Waals surface area contributed by atoms with E-state index in [0.717, 1.165) is 56.3 Å². The fourth-order valence-corrected chi connectivity index (χ4v) is 5.20. The molecule has 2 aromatic rings. The van der Waals surface area contributed by atoms with Crippen molar-refractivity contribution in [1.82, 2.24) is 19.4 Å². The second kappa shape index (κ2) is 9.29. The minimum Gasteiger partial charge on any atom is -0.340 e. The maximum absolute atomic E-state index is 12.8. The van der Waals surface area contributed by atoms with Gasteiger partial charge in [-0.2, -0.15) is 0 Å². The van der Waals surface area contributed by atoms with E-state index in [4.69, 9.17) is 4.98 Å². The first kappa shape index (κ1) is 21.0. The Morgan fingerprint density at radius 2 is 1.83 bits per heavy atom. The van der Waals surface area contributed by atoms with Crippen LogP contribution in [0.1, 0.15) is 63.7 Å². The van der Waals surface area contributed by atoms with Gasteiger partial charge in [0, 0.05) is 39.6 Å². The topological polar surface area (TPSA) is 58.4 Å². The van der Waals surface area contributed by atoms with Gasteiger partial charge >= 0.3 is 0 Å². The molecular formula is C24H34N4O2. The molecule has 1 unspecified atom stereocenters. The molecule has 2 heterocycles. The Morgan fingerprint density at radius 3 is 2.53 bits per heavy atom. The van der Waals surface area contributed by atoms with E-state index in [9.17, 15) is 9.59 Å². The largest absolute Gasteiger partial charge is 0.340 e. The number of rotatable bonds is 6. The Labute approximate surface area is 178 Å². The lowest BCUT2D eigenvalue weighted by Crippen LogP contribution is -2.50. The van der Waals surface area contributed by atoms with Crippen molar-refractivity contribution in [2.24, 2.45) is 13.0 Å². The molecule has 1 aliphatic heterocycles. The molecule has 1 amide bonds. The molecule has 1 aromatic heterocycles. The smallest absolute Gasteiger partial charge is 0.261 e. The van der Waals surface area contributed by atoms with Crippen LogP contribution in [0, 0.1) is 5.92 Å². The number of hydrogen-bond acceptors (Lipinski definition) is 4. The van der Waals surface area contributed by atoms with Crippen LogP contribution in [-0.2, 0) is 11.8 Å². The number of benzene rings is 1. The first-order valence-electron chi connectivity index (χ1n) is 11.6. The van der Waals surface area contributed by atoms with E-state index in [-0.39, 0.29) is 11.6 Å². The SMILES string of the molecule is CCC(c1nc2ccccc2c(=O)n1C)N1CCN(C(=O)CCC2CCCC2)CC1. The van der Waals surface area contributed by atoms with Gasteiger partial charge in [0.15, 0.2) is 0 Å². The van der Waals surface area contributed by atoms with Gasteiger partial charge in [0.25, 0.3) is 5.56 Å². The summed E-state index contributed by atoms with van der Waals surface area (Å²) in [4.78, 5) is 34.8. The van der Waals surface area contributed by atoms with Crippen LogP contribution in [0.15, 0.2) is 29.1 Å². The molecule has 1 saturated heterocycles. The number of para-hydroxylation sites is 1. The van der Waals surface area contributed by atoms with Gasteiger partial charge in [0.2, 0.25) is 5.91 Å². The zero-order valence-electron chi connectivity index (χ0n) is 18.3. The standard InChI is InChI=1S/C24H34N4O2/c1-3-21(23-25-20-11-7-6-10-19(20)24(30)26(23)2)27-14-16-28(17-15-27)22(29)13-12-18-8-4-5-9-18/h6-7,10-11,18,21H,3-5,8-9,12-17H2,1-2H3. The lowest BCUT2D eigenvalue weighted by atomic mass is 10.0. The molecule has 0 bridgehead atoms. The van der Waals surface area contributed by atoms with Gasteiger partial charge in [-0.25, -0.2) is 4.98 Å². The van der Waals surface area contributed by atoms with Gasteiger partial charge < -0.3 is 4.90 Å². The summed E-state index contributed by atoms with van der Waals surface area (Å²) in [5.41, 5.74) is 0.768. The molecule has 162 valence electrons. The second-order valence-electron chi connectivity index (χ2n) is 8.88. The number of amides is 1. The fourth-order valence-electron chi connectivity index (χ4n) is 5.20. The maximum Gasteiger partial charge on any atom is 0.261 e. The summed E-state index contributed by atoms with van der Waals surface area (Å²) in [6, 6.07) is 7.64. The van der Waals surface area contributed by atoms with Crippen LogP contribution in [0.5, 0.6) is 0 Å². The summed E-state index contributed by atoms with van der Waals surface area (Å²) in [5, 5.41) is 0.663. The minimum atomic E-state index is 0.00905. The lowest BCUT2D eigenvalue weighted by Gasteiger charge is -2.39. The van der Waals surface area contributed by atoms with Crippen molar-refractivity contribution < 1.29 is 4.79 Å². The summed E-state index contributed by atoms with van der Waals surface area (Å²) in [7, 11) is 1.82. The van der Waals surface area contributed by atoms with Crippen molar-refractivity contribution in [2.75, 3.05) is 26.2 Å². The molecule has 6 heteroatoms. The number of fused-ring (bicyclic) bond motifs is 1. The Balaban J connectivity index is 1.42.